The maximum absolute atomic E-state index is 12.8. The molecular weight excluding hydrogens is 321 g/mol. The van der Waals surface area contributed by atoms with Crippen LogP contribution in [0.25, 0.3) is 0 Å². The Kier molecular flexibility index (Phi) is 6.44. The topological polar surface area (TPSA) is 61.6 Å². The van der Waals surface area contributed by atoms with Crippen LogP contribution in [0.5, 0.6) is 0 Å². The molecule has 1 amide bonds. The normalized spacial score (nSPS) is 16.4. The number of nitrogens with zero attached hydrogens (tertiary/aromatic N) is 2. The van der Waals surface area contributed by atoms with E-state index in [1.807, 2.05) is 4.90 Å². The highest BCUT2D eigenvalue weighted by molar-refractivity contribution is 5.73. The lowest BCUT2D eigenvalue weighted by Crippen LogP contribution is -2.48. The van der Waals surface area contributed by atoms with Crippen LogP contribution in [0.3, 0.4) is 0 Å². The monoisotopic (exact) mass is 344 g/mol. The van der Waals surface area contributed by atoms with Gasteiger partial charge in [0.05, 0.1) is 5.56 Å². The third-order valence-corrected chi connectivity index (χ3v) is 4.06. The number of primary amides is 1. The van der Waals surface area contributed by atoms with Gasteiger partial charge in [0, 0.05) is 57.9 Å². The highest BCUT2D eigenvalue weighted by atomic mass is 19.4. The van der Waals surface area contributed by atoms with Crippen LogP contribution < -0.4 is 16.0 Å². The number of anilines is 1. The Morgan fingerprint density at radius 3 is 2.50 bits per heavy atom. The van der Waals surface area contributed by atoms with Crippen molar-refractivity contribution in [3.63, 3.8) is 0 Å². The molecular formula is C16H23F3N4O. The van der Waals surface area contributed by atoms with E-state index in [0.717, 1.165) is 32.2 Å². The molecule has 0 unspecified atom stereocenters. The van der Waals surface area contributed by atoms with Crippen LogP contribution in [0, 0.1) is 0 Å². The van der Waals surface area contributed by atoms with Crippen LogP contribution in [-0.2, 0) is 11.0 Å². The molecule has 24 heavy (non-hydrogen) atoms. The van der Waals surface area contributed by atoms with Crippen molar-refractivity contribution in [1.82, 2.24) is 10.2 Å². The van der Waals surface area contributed by atoms with E-state index in [-0.39, 0.29) is 5.91 Å². The average Bonchev–Trinajstić information content (AvgIpc) is 2.54. The predicted molar refractivity (Wildman–Crippen MR) is 86.8 cm³/mol. The zero-order valence-electron chi connectivity index (χ0n) is 13.5. The molecule has 3 N–H and O–H groups in total. The quantitative estimate of drug-likeness (QED) is 0.732. The predicted octanol–water partition coefficient (Wildman–Crippen LogP) is 1.29. The van der Waals surface area contributed by atoms with Crippen molar-refractivity contribution in [3.05, 3.63) is 29.8 Å². The first kappa shape index (κ1) is 18.5. The van der Waals surface area contributed by atoms with Crippen molar-refractivity contribution >= 4 is 11.6 Å². The fraction of sp³-hybridized carbons (Fsp3) is 0.562. The Balaban J connectivity index is 1.76. The van der Waals surface area contributed by atoms with Gasteiger partial charge in [0.25, 0.3) is 0 Å². The van der Waals surface area contributed by atoms with Gasteiger partial charge < -0.3 is 16.0 Å². The van der Waals surface area contributed by atoms with Crippen LogP contribution >= 0.6 is 0 Å². The molecule has 1 aromatic carbocycles. The first-order valence-electron chi connectivity index (χ1n) is 8.00. The van der Waals surface area contributed by atoms with E-state index in [4.69, 9.17) is 5.73 Å². The first-order valence-corrected chi connectivity index (χ1v) is 8.00. The maximum atomic E-state index is 12.8. The fourth-order valence-electron chi connectivity index (χ4n) is 2.68. The second-order valence-corrected chi connectivity index (χ2v) is 5.84. The van der Waals surface area contributed by atoms with Gasteiger partial charge in [0.2, 0.25) is 5.91 Å². The van der Waals surface area contributed by atoms with Crippen LogP contribution in [0.15, 0.2) is 24.3 Å². The van der Waals surface area contributed by atoms with E-state index >= 15 is 0 Å². The number of nitrogens with two attached hydrogens (primary N) is 1. The minimum Gasteiger partial charge on any atom is -0.370 e. The van der Waals surface area contributed by atoms with Gasteiger partial charge in [0.15, 0.2) is 0 Å². The van der Waals surface area contributed by atoms with Crippen molar-refractivity contribution in [2.75, 3.05) is 50.7 Å². The molecule has 5 nitrogen and oxygen atoms in total. The van der Waals surface area contributed by atoms with Crippen molar-refractivity contribution in [1.29, 1.82) is 0 Å². The summed E-state index contributed by atoms with van der Waals surface area (Å²) in [7, 11) is 0. The number of amides is 1. The number of carbonyl (C=O) groups is 1. The first-order chi connectivity index (χ1) is 11.4. The van der Waals surface area contributed by atoms with Gasteiger partial charge in [-0.1, -0.05) is 6.07 Å². The lowest BCUT2D eigenvalue weighted by atomic mass is 10.1. The van der Waals surface area contributed by atoms with E-state index in [1.165, 1.54) is 12.1 Å². The molecule has 8 heteroatoms. The molecule has 0 bridgehead atoms. The molecule has 0 spiro atoms. The molecule has 1 saturated heterocycles. The minimum atomic E-state index is -4.31. The summed E-state index contributed by atoms with van der Waals surface area (Å²) in [5.41, 5.74) is 5.06. The third-order valence-electron chi connectivity index (χ3n) is 4.06. The van der Waals surface area contributed by atoms with Gasteiger partial charge in [-0.15, -0.1) is 0 Å². The summed E-state index contributed by atoms with van der Waals surface area (Å²) < 4.78 is 38.4. The molecule has 1 aliphatic rings. The van der Waals surface area contributed by atoms with Gasteiger partial charge in [0.1, 0.15) is 0 Å². The molecule has 1 fully saturated rings. The molecule has 1 aromatic rings. The van der Waals surface area contributed by atoms with Gasteiger partial charge in [-0.2, -0.15) is 13.2 Å². The largest absolute Gasteiger partial charge is 0.416 e. The number of piperazine rings is 1. The summed E-state index contributed by atoms with van der Waals surface area (Å²) in [5.74, 6) is -0.322. The summed E-state index contributed by atoms with van der Waals surface area (Å²) in [6.45, 7) is 5.16. The Morgan fingerprint density at radius 1 is 1.17 bits per heavy atom. The van der Waals surface area contributed by atoms with Gasteiger partial charge in [-0.05, 0) is 18.2 Å². The lowest BCUT2D eigenvalue weighted by Gasteiger charge is -2.36. The Labute approximate surface area is 139 Å². The zero-order chi connectivity index (χ0) is 17.6. The number of benzene rings is 1. The van der Waals surface area contributed by atoms with Crippen LogP contribution in [0.1, 0.15) is 12.0 Å². The summed E-state index contributed by atoms with van der Waals surface area (Å²) in [6, 6.07) is 5.47. The molecule has 0 saturated carbocycles. The summed E-state index contributed by atoms with van der Waals surface area (Å²) in [4.78, 5) is 14.8. The molecule has 0 aromatic heterocycles. The summed E-state index contributed by atoms with van der Waals surface area (Å²) in [5, 5.41) is 3.15. The zero-order valence-corrected chi connectivity index (χ0v) is 13.5. The molecule has 1 aliphatic heterocycles. The number of carbonyl (C=O) groups excluding carboxylic acids is 1. The fourth-order valence-corrected chi connectivity index (χ4v) is 2.68. The molecule has 134 valence electrons. The van der Waals surface area contributed by atoms with E-state index in [2.05, 4.69) is 10.2 Å². The van der Waals surface area contributed by atoms with E-state index in [1.54, 1.807) is 6.07 Å². The number of hydrogen-bond acceptors (Lipinski definition) is 4. The van der Waals surface area contributed by atoms with E-state index in [9.17, 15) is 18.0 Å². The molecule has 1 heterocycles. The van der Waals surface area contributed by atoms with Crippen molar-refractivity contribution in [2.24, 2.45) is 5.73 Å². The van der Waals surface area contributed by atoms with Gasteiger partial charge in [-0.25, -0.2) is 0 Å². The van der Waals surface area contributed by atoms with Crippen molar-refractivity contribution in [2.45, 2.75) is 12.6 Å². The van der Waals surface area contributed by atoms with E-state index in [0.29, 0.717) is 31.7 Å². The van der Waals surface area contributed by atoms with Gasteiger partial charge in [-0.3, -0.25) is 9.69 Å². The highest BCUT2D eigenvalue weighted by Gasteiger charge is 2.31. The third kappa shape index (κ3) is 5.68. The Morgan fingerprint density at radius 2 is 1.88 bits per heavy atom. The van der Waals surface area contributed by atoms with Crippen molar-refractivity contribution < 1.29 is 18.0 Å². The average molecular weight is 344 g/mol. The molecule has 2 rings (SSSR count). The van der Waals surface area contributed by atoms with Crippen LogP contribution in [-0.4, -0.2) is 56.6 Å². The maximum Gasteiger partial charge on any atom is 0.416 e. The van der Waals surface area contributed by atoms with Crippen LogP contribution in [0.2, 0.25) is 0 Å². The summed E-state index contributed by atoms with van der Waals surface area (Å²) in [6.07, 6.45) is -3.99. The Hall–Kier alpha value is -1.80. The second kappa shape index (κ2) is 8.34. The standard InChI is InChI=1S/C16H23F3N4O/c17-16(18,19)13-2-1-3-14(12-13)23-10-8-22(9-11-23)7-6-21-5-4-15(20)24/h1-3,12,21H,4-11H2,(H2,20,24). The lowest BCUT2D eigenvalue weighted by molar-refractivity contribution is -0.137. The van der Waals surface area contributed by atoms with Gasteiger partial charge >= 0.3 is 6.18 Å². The number of nitrogens with one attached hydrogen (secondary N) is 1. The van der Waals surface area contributed by atoms with E-state index < -0.39 is 11.7 Å². The van der Waals surface area contributed by atoms with Crippen molar-refractivity contribution in [3.8, 4) is 0 Å². The Bertz CT molecular complexity index is 542. The number of hydrogen-bond donors (Lipinski definition) is 2. The number of halogens is 3. The highest BCUT2D eigenvalue weighted by Crippen LogP contribution is 2.31. The minimum absolute atomic E-state index is 0.322. The number of rotatable bonds is 7. The van der Waals surface area contributed by atoms with Crippen LogP contribution in [0.4, 0.5) is 18.9 Å². The molecule has 0 aliphatic carbocycles. The number of alkyl halides is 3. The smallest absolute Gasteiger partial charge is 0.370 e. The molecule has 0 radical (unpaired) electrons. The SMILES string of the molecule is NC(=O)CCNCCN1CCN(c2cccc(C(F)(F)F)c2)CC1. The second-order valence-electron chi connectivity index (χ2n) is 5.84. The molecule has 0 atom stereocenters. The summed E-state index contributed by atoms with van der Waals surface area (Å²) >= 11 is 0.